The normalized spacial score (nSPS) is 16.0. The van der Waals surface area contributed by atoms with Crippen molar-refractivity contribution in [3.05, 3.63) is 22.3 Å². The van der Waals surface area contributed by atoms with Crippen LogP contribution in [0.3, 0.4) is 0 Å². The second kappa shape index (κ2) is 4.94. The monoisotopic (exact) mass is 297 g/mol. The molecule has 0 radical (unpaired) electrons. The number of pyridine rings is 1. The van der Waals surface area contributed by atoms with Crippen LogP contribution in [0.2, 0.25) is 0 Å². The lowest BCUT2D eigenvalue weighted by Gasteiger charge is -2.23. The van der Waals surface area contributed by atoms with Crippen molar-refractivity contribution in [2.45, 2.75) is 51.7 Å². The summed E-state index contributed by atoms with van der Waals surface area (Å²) in [6.07, 6.45) is 4.46. The van der Waals surface area contributed by atoms with E-state index in [1.54, 1.807) is 0 Å². The van der Waals surface area contributed by atoms with Gasteiger partial charge in [-0.05, 0) is 55.6 Å². The van der Waals surface area contributed by atoms with Crippen molar-refractivity contribution >= 4 is 21.7 Å². The first kappa shape index (κ1) is 12.8. The van der Waals surface area contributed by atoms with Crippen LogP contribution in [0, 0.1) is 0 Å². The Bertz CT molecular complexity index is 394. The quantitative estimate of drug-likeness (QED) is 0.895. The number of anilines is 1. The standard InChI is InChI=1S/C13H20BrN3/c1-13(2,3)17-12-9(6-10(14)8-16-12)7-15-11-4-5-11/h6,8,11,15H,4-5,7H2,1-3H3,(H,16,17). The van der Waals surface area contributed by atoms with Gasteiger partial charge in [0.2, 0.25) is 0 Å². The van der Waals surface area contributed by atoms with E-state index in [1.807, 2.05) is 6.20 Å². The maximum atomic E-state index is 4.46. The van der Waals surface area contributed by atoms with Gasteiger partial charge in [0.15, 0.2) is 0 Å². The smallest absolute Gasteiger partial charge is 0.130 e. The summed E-state index contributed by atoms with van der Waals surface area (Å²) in [6.45, 7) is 7.33. The van der Waals surface area contributed by atoms with E-state index in [2.05, 4.69) is 58.4 Å². The number of nitrogens with zero attached hydrogens (tertiary/aromatic N) is 1. The van der Waals surface area contributed by atoms with Crippen LogP contribution in [-0.2, 0) is 6.54 Å². The molecular formula is C13H20BrN3. The summed E-state index contributed by atoms with van der Waals surface area (Å²) in [5.41, 5.74) is 1.26. The zero-order valence-electron chi connectivity index (χ0n) is 10.7. The highest BCUT2D eigenvalue weighted by Gasteiger charge is 2.21. The summed E-state index contributed by atoms with van der Waals surface area (Å²) < 4.78 is 1.03. The molecule has 17 heavy (non-hydrogen) atoms. The summed E-state index contributed by atoms with van der Waals surface area (Å²) in [4.78, 5) is 4.46. The summed E-state index contributed by atoms with van der Waals surface area (Å²) in [5.74, 6) is 0.980. The van der Waals surface area contributed by atoms with Crippen molar-refractivity contribution in [2.75, 3.05) is 5.32 Å². The lowest BCUT2D eigenvalue weighted by Crippen LogP contribution is -2.28. The Hall–Kier alpha value is -0.610. The Kier molecular flexibility index (Phi) is 3.73. The first-order valence-electron chi connectivity index (χ1n) is 6.10. The number of hydrogen-bond acceptors (Lipinski definition) is 3. The summed E-state index contributed by atoms with van der Waals surface area (Å²) in [7, 11) is 0. The molecule has 1 fully saturated rings. The van der Waals surface area contributed by atoms with Gasteiger partial charge in [-0.15, -0.1) is 0 Å². The van der Waals surface area contributed by atoms with Gasteiger partial charge in [0.1, 0.15) is 5.82 Å². The number of aromatic nitrogens is 1. The van der Waals surface area contributed by atoms with Crippen LogP contribution in [0.25, 0.3) is 0 Å². The van der Waals surface area contributed by atoms with Crippen LogP contribution in [0.1, 0.15) is 39.2 Å². The Balaban J connectivity index is 2.11. The molecule has 0 saturated heterocycles. The van der Waals surface area contributed by atoms with Crippen molar-refractivity contribution in [2.24, 2.45) is 0 Å². The molecule has 4 heteroatoms. The molecule has 2 rings (SSSR count). The van der Waals surface area contributed by atoms with Gasteiger partial charge in [-0.2, -0.15) is 0 Å². The molecule has 0 spiro atoms. The maximum absolute atomic E-state index is 4.46. The second-order valence-electron chi connectivity index (χ2n) is 5.69. The van der Waals surface area contributed by atoms with Crippen LogP contribution in [0.15, 0.2) is 16.7 Å². The van der Waals surface area contributed by atoms with Gasteiger partial charge >= 0.3 is 0 Å². The Morgan fingerprint density at radius 1 is 1.41 bits per heavy atom. The van der Waals surface area contributed by atoms with E-state index in [4.69, 9.17) is 0 Å². The van der Waals surface area contributed by atoms with E-state index in [1.165, 1.54) is 18.4 Å². The third-order valence-corrected chi connectivity index (χ3v) is 3.02. The molecule has 94 valence electrons. The molecule has 1 aliphatic rings. The zero-order chi connectivity index (χ0) is 12.5. The molecule has 1 saturated carbocycles. The van der Waals surface area contributed by atoms with Gasteiger partial charge in [0.05, 0.1) is 0 Å². The van der Waals surface area contributed by atoms with E-state index >= 15 is 0 Å². The highest BCUT2D eigenvalue weighted by molar-refractivity contribution is 9.10. The van der Waals surface area contributed by atoms with Gasteiger partial charge in [-0.1, -0.05) is 0 Å². The minimum atomic E-state index is 0.0369. The van der Waals surface area contributed by atoms with Crippen LogP contribution in [0.5, 0.6) is 0 Å². The van der Waals surface area contributed by atoms with Crippen LogP contribution >= 0.6 is 15.9 Å². The van der Waals surface area contributed by atoms with Gasteiger partial charge in [-0.25, -0.2) is 4.98 Å². The van der Waals surface area contributed by atoms with Crippen LogP contribution < -0.4 is 10.6 Å². The molecule has 0 atom stereocenters. The molecule has 1 aromatic rings. The molecule has 0 bridgehead atoms. The molecule has 1 aliphatic carbocycles. The number of nitrogens with one attached hydrogen (secondary N) is 2. The number of hydrogen-bond donors (Lipinski definition) is 2. The van der Waals surface area contributed by atoms with Gasteiger partial charge < -0.3 is 10.6 Å². The van der Waals surface area contributed by atoms with Crippen molar-refractivity contribution in [1.29, 1.82) is 0 Å². The van der Waals surface area contributed by atoms with Crippen molar-refractivity contribution in [3.63, 3.8) is 0 Å². The third-order valence-electron chi connectivity index (χ3n) is 2.59. The van der Waals surface area contributed by atoms with E-state index < -0.39 is 0 Å². The van der Waals surface area contributed by atoms with Gasteiger partial charge in [0, 0.05) is 34.4 Å². The Morgan fingerprint density at radius 2 is 2.12 bits per heavy atom. The summed E-state index contributed by atoms with van der Waals surface area (Å²) >= 11 is 3.48. The van der Waals surface area contributed by atoms with Crippen LogP contribution in [-0.4, -0.2) is 16.6 Å². The Morgan fingerprint density at radius 3 is 2.71 bits per heavy atom. The van der Waals surface area contributed by atoms with E-state index in [0.29, 0.717) is 0 Å². The molecule has 0 aliphatic heterocycles. The van der Waals surface area contributed by atoms with Crippen molar-refractivity contribution in [3.8, 4) is 0 Å². The highest BCUT2D eigenvalue weighted by atomic mass is 79.9. The number of halogens is 1. The predicted octanol–water partition coefficient (Wildman–Crippen LogP) is 3.31. The average molecular weight is 298 g/mol. The minimum absolute atomic E-state index is 0.0369. The molecule has 1 heterocycles. The minimum Gasteiger partial charge on any atom is -0.365 e. The molecule has 0 amide bonds. The molecule has 1 aromatic heterocycles. The molecule has 3 nitrogen and oxygen atoms in total. The van der Waals surface area contributed by atoms with Crippen molar-refractivity contribution in [1.82, 2.24) is 10.3 Å². The summed E-state index contributed by atoms with van der Waals surface area (Å²) in [5, 5.41) is 6.97. The topological polar surface area (TPSA) is 37.0 Å². The lowest BCUT2D eigenvalue weighted by atomic mass is 10.1. The predicted molar refractivity (Wildman–Crippen MR) is 75.2 cm³/mol. The lowest BCUT2D eigenvalue weighted by molar-refractivity contribution is 0.624. The molecule has 2 N–H and O–H groups in total. The highest BCUT2D eigenvalue weighted by Crippen LogP contribution is 2.24. The Labute approximate surface area is 112 Å². The zero-order valence-corrected chi connectivity index (χ0v) is 12.3. The first-order valence-corrected chi connectivity index (χ1v) is 6.89. The third kappa shape index (κ3) is 4.28. The van der Waals surface area contributed by atoms with Gasteiger partial charge in [0.25, 0.3) is 0 Å². The SMILES string of the molecule is CC(C)(C)Nc1ncc(Br)cc1CNC1CC1. The van der Waals surface area contributed by atoms with Crippen molar-refractivity contribution < 1.29 is 0 Å². The molecular weight excluding hydrogens is 278 g/mol. The maximum Gasteiger partial charge on any atom is 0.130 e. The largest absolute Gasteiger partial charge is 0.365 e. The fourth-order valence-corrected chi connectivity index (χ4v) is 2.00. The second-order valence-corrected chi connectivity index (χ2v) is 6.61. The van der Waals surface area contributed by atoms with Gasteiger partial charge in [-0.3, -0.25) is 0 Å². The number of rotatable bonds is 4. The fourth-order valence-electron chi connectivity index (χ4n) is 1.63. The van der Waals surface area contributed by atoms with E-state index in [0.717, 1.165) is 22.9 Å². The average Bonchev–Trinajstić information content (AvgIpc) is 3.00. The molecule has 0 aromatic carbocycles. The summed E-state index contributed by atoms with van der Waals surface area (Å²) in [6, 6.07) is 2.85. The first-order chi connectivity index (χ1) is 7.94. The van der Waals surface area contributed by atoms with E-state index in [9.17, 15) is 0 Å². The molecule has 0 unspecified atom stereocenters. The fraction of sp³-hybridized carbons (Fsp3) is 0.615. The van der Waals surface area contributed by atoms with Crippen LogP contribution in [0.4, 0.5) is 5.82 Å². The van der Waals surface area contributed by atoms with E-state index in [-0.39, 0.29) is 5.54 Å².